The summed E-state index contributed by atoms with van der Waals surface area (Å²) in [6, 6.07) is 8.51. The van der Waals surface area contributed by atoms with E-state index in [0.29, 0.717) is 13.0 Å². The smallest absolute Gasteiger partial charge is 0.220 e. The number of piperidine rings is 1. The van der Waals surface area contributed by atoms with E-state index in [-0.39, 0.29) is 30.7 Å². The Labute approximate surface area is 177 Å². The van der Waals surface area contributed by atoms with Gasteiger partial charge in [0, 0.05) is 19.5 Å². The summed E-state index contributed by atoms with van der Waals surface area (Å²) in [5.41, 5.74) is 8.08. The Kier molecular flexibility index (Phi) is 14.7. The SMILES string of the molecule is CC1CCN(Cc2ccccc2CNC(=O)CCCCCCN)CC1.Cl.Cl. The Morgan fingerprint density at radius 3 is 2.37 bits per heavy atom. The summed E-state index contributed by atoms with van der Waals surface area (Å²) < 4.78 is 0. The van der Waals surface area contributed by atoms with Gasteiger partial charge in [0.1, 0.15) is 0 Å². The van der Waals surface area contributed by atoms with Gasteiger partial charge in [0.05, 0.1) is 0 Å². The first-order valence-corrected chi connectivity index (χ1v) is 9.95. The maximum atomic E-state index is 12.0. The minimum atomic E-state index is 0. The summed E-state index contributed by atoms with van der Waals surface area (Å²) in [6.07, 6.45) is 7.45. The van der Waals surface area contributed by atoms with Gasteiger partial charge in [0.25, 0.3) is 0 Å². The Morgan fingerprint density at radius 2 is 1.70 bits per heavy atom. The number of rotatable bonds is 10. The monoisotopic (exact) mass is 417 g/mol. The van der Waals surface area contributed by atoms with Gasteiger partial charge in [-0.3, -0.25) is 9.69 Å². The van der Waals surface area contributed by atoms with Crippen LogP contribution in [0.25, 0.3) is 0 Å². The van der Waals surface area contributed by atoms with Crippen LogP contribution in [0.4, 0.5) is 0 Å². The minimum Gasteiger partial charge on any atom is -0.352 e. The van der Waals surface area contributed by atoms with Crippen LogP contribution < -0.4 is 11.1 Å². The van der Waals surface area contributed by atoms with Gasteiger partial charge in [-0.25, -0.2) is 0 Å². The van der Waals surface area contributed by atoms with Crippen molar-refractivity contribution in [1.82, 2.24) is 10.2 Å². The quantitative estimate of drug-likeness (QED) is 0.558. The molecule has 0 aliphatic carbocycles. The van der Waals surface area contributed by atoms with E-state index in [2.05, 4.69) is 41.4 Å². The zero-order chi connectivity index (χ0) is 17.9. The average molecular weight is 418 g/mol. The van der Waals surface area contributed by atoms with Crippen LogP contribution in [-0.4, -0.2) is 30.4 Å². The first-order chi connectivity index (χ1) is 12.2. The van der Waals surface area contributed by atoms with Gasteiger partial charge in [-0.15, -0.1) is 24.8 Å². The fraction of sp³-hybridized carbons (Fsp3) is 0.667. The zero-order valence-electron chi connectivity index (χ0n) is 16.6. The average Bonchev–Trinajstić information content (AvgIpc) is 2.63. The maximum Gasteiger partial charge on any atom is 0.220 e. The van der Waals surface area contributed by atoms with Crippen molar-refractivity contribution in [2.24, 2.45) is 11.7 Å². The molecule has 0 saturated carbocycles. The molecule has 0 aromatic heterocycles. The Morgan fingerprint density at radius 1 is 1.07 bits per heavy atom. The molecule has 0 atom stereocenters. The van der Waals surface area contributed by atoms with E-state index in [9.17, 15) is 4.79 Å². The van der Waals surface area contributed by atoms with Crippen LogP contribution in [0.5, 0.6) is 0 Å². The van der Waals surface area contributed by atoms with Crippen LogP contribution in [0.15, 0.2) is 24.3 Å². The van der Waals surface area contributed by atoms with Crippen molar-refractivity contribution in [2.75, 3.05) is 19.6 Å². The molecular weight excluding hydrogens is 381 g/mol. The number of benzene rings is 1. The van der Waals surface area contributed by atoms with E-state index >= 15 is 0 Å². The molecule has 0 bridgehead atoms. The maximum absolute atomic E-state index is 12.0. The molecule has 1 aromatic carbocycles. The van der Waals surface area contributed by atoms with Crippen LogP contribution in [0.1, 0.15) is 63.0 Å². The number of carbonyl (C=O) groups is 1. The molecule has 1 saturated heterocycles. The number of carbonyl (C=O) groups excluding carboxylic acids is 1. The fourth-order valence-corrected chi connectivity index (χ4v) is 3.41. The molecule has 1 aromatic rings. The molecule has 1 aliphatic rings. The first-order valence-electron chi connectivity index (χ1n) is 9.95. The molecule has 1 fully saturated rings. The van der Waals surface area contributed by atoms with Crippen LogP contribution in [0.2, 0.25) is 0 Å². The summed E-state index contributed by atoms with van der Waals surface area (Å²) >= 11 is 0. The van der Waals surface area contributed by atoms with Gasteiger partial charge in [0.15, 0.2) is 0 Å². The van der Waals surface area contributed by atoms with Crippen LogP contribution in [0.3, 0.4) is 0 Å². The van der Waals surface area contributed by atoms with Gasteiger partial charge in [-0.05, 0) is 62.4 Å². The topological polar surface area (TPSA) is 58.4 Å². The summed E-state index contributed by atoms with van der Waals surface area (Å²) in [5, 5.41) is 3.09. The number of hydrogen-bond donors (Lipinski definition) is 2. The lowest BCUT2D eigenvalue weighted by atomic mass is 9.98. The van der Waals surface area contributed by atoms with E-state index in [1.807, 2.05) is 0 Å². The second-order valence-electron chi connectivity index (χ2n) is 7.46. The molecule has 1 heterocycles. The molecule has 0 radical (unpaired) electrons. The second kappa shape index (κ2) is 15.2. The number of nitrogens with one attached hydrogen (secondary N) is 1. The zero-order valence-corrected chi connectivity index (χ0v) is 18.3. The van der Waals surface area contributed by atoms with Crippen LogP contribution in [-0.2, 0) is 17.9 Å². The molecule has 6 heteroatoms. The van der Waals surface area contributed by atoms with Crippen LogP contribution in [0, 0.1) is 5.92 Å². The number of unbranched alkanes of at least 4 members (excludes halogenated alkanes) is 3. The van der Waals surface area contributed by atoms with Gasteiger partial charge in [-0.2, -0.15) is 0 Å². The number of nitrogens with two attached hydrogens (primary N) is 1. The van der Waals surface area contributed by atoms with E-state index in [0.717, 1.165) is 44.7 Å². The van der Waals surface area contributed by atoms with E-state index in [1.165, 1.54) is 37.1 Å². The third kappa shape index (κ3) is 10.3. The molecule has 2 rings (SSSR count). The molecule has 0 spiro atoms. The molecule has 0 unspecified atom stereocenters. The highest BCUT2D eigenvalue weighted by atomic mass is 35.5. The highest BCUT2D eigenvalue weighted by molar-refractivity contribution is 5.85. The Bertz CT molecular complexity index is 520. The third-order valence-corrected chi connectivity index (χ3v) is 5.22. The van der Waals surface area contributed by atoms with E-state index in [1.54, 1.807) is 0 Å². The van der Waals surface area contributed by atoms with Gasteiger partial charge in [0.2, 0.25) is 5.91 Å². The van der Waals surface area contributed by atoms with Gasteiger partial charge in [-0.1, -0.05) is 44.0 Å². The normalized spacial score (nSPS) is 14.9. The van der Waals surface area contributed by atoms with Crippen molar-refractivity contribution in [3.63, 3.8) is 0 Å². The minimum absolute atomic E-state index is 0. The first kappa shape index (κ1) is 26.2. The third-order valence-electron chi connectivity index (χ3n) is 5.22. The van der Waals surface area contributed by atoms with Crippen LogP contribution >= 0.6 is 24.8 Å². The van der Waals surface area contributed by atoms with Crippen molar-refractivity contribution in [2.45, 2.75) is 65.0 Å². The highest BCUT2D eigenvalue weighted by Gasteiger charge is 2.16. The number of nitrogens with zero attached hydrogens (tertiary/aromatic N) is 1. The van der Waals surface area contributed by atoms with Gasteiger partial charge >= 0.3 is 0 Å². The number of amides is 1. The van der Waals surface area contributed by atoms with Crippen molar-refractivity contribution < 1.29 is 4.79 Å². The Balaban J connectivity index is 0.00000338. The number of likely N-dealkylation sites (tertiary alicyclic amines) is 1. The summed E-state index contributed by atoms with van der Waals surface area (Å²) in [4.78, 5) is 14.6. The molecule has 156 valence electrons. The lowest BCUT2D eigenvalue weighted by molar-refractivity contribution is -0.121. The predicted octanol–water partition coefficient (Wildman–Crippen LogP) is 4.29. The predicted molar refractivity (Wildman–Crippen MR) is 119 cm³/mol. The highest BCUT2D eigenvalue weighted by Crippen LogP contribution is 2.19. The summed E-state index contributed by atoms with van der Waals surface area (Å²) in [5.74, 6) is 1.02. The molecule has 1 amide bonds. The van der Waals surface area contributed by atoms with Crippen molar-refractivity contribution in [1.29, 1.82) is 0 Å². The molecule has 4 nitrogen and oxygen atoms in total. The van der Waals surface area contributed by atoms with E-state index in [4.69, 9.17) is 5.73 Å². The molecular formula is C21H37Cl2N3O. The summed E-state index contributed by atoms with van der Waals surface area (Å²) in [7, 11) is 0. The van der Waals surface area contributed by atoms with Crippen molar-refractivity contribution >= 4 is 30.7 Å². The lowest BCUT2D eigenvalue weighted by Crippen LogP contribution is -2.33. The van der Waals surface area contributed by atoms with Crippen molar-refractivity contribution in [3.05, 3.63) is 35.4 Å². The molecule has 3 N–H and O–H groups in total. The Hall–Kier alpha value is -0.810. The summed E-state index contributed by atoms with van der Waals surface area (Å²) in [6.45, 7) is 7.10. The standard InChI is InChI=1S/C21H35N3O.2ClH/c1-18-11-14-24(15-12-18)17-20-9-6-5-8-19(20)16-23-21(25)10-4-2-3-7-13-22;;/h5-6,8-9,18H,2-4,7,10-17,22H2,1H3,(H,23,25);2*1H. The lowest BCUT2D eigenvalue weighted by Gasteiger charge is -2.30. The number of hydrogen-bond acceptors (Lipinski definition) is 3. The largest absolute Gasteiger partial charge is 0.352 e. The molecule has 1 aliphatic heterocycles. The second-order valence-corrected chi connectivity index (χ2v) is 7.46. The fourth-order valence-electron chi connectivity index (χ4n) is 3.41. The van der Waals surface area contributed by atoms with E-state index < -0.39 is 0 Å². The van der Waals surface area contributed by atoms with Crippen molar-refractivity contribution in [3.8, 4) is 0 Å². The number of halogens is 2. The molecule has 27 heavy (non-hydrogen) atoms. The van der Waals surface area contributed by atoms with Gasteiger partial charge < -0.3 is 11.1 Å².